The average molecular weight is 469 g/mol. The van der Waals surface area contributed by atoms with E-state index in [-0.39, 0.29) is 33.0 Å². The Morgan fingerprint density at radius 3 is 2.44 bits per heavy atom. The number of primary amides is 1. The predicted molar refractivity (Wildman–Crippen MR) is 108 cm³/mol. The highest BCUT2D eigenvalue weighted by molar-refractivity contribution is 7.18. The lowest BCUT2D eigenvalue weighted by Gasteiger charge is -2.26. The van der Waals surface area contributed by atoms with Crippen LogP contribution in [0.25, 0.3) is 0 Å². The van der Waals surface area contributed by atoms with Crippen LogP contribution in [0.3, 0.4) is 0 Å². The van der Waals surface area contributed by atoms with Gasteiger partial charge in [0.25, 0.3) is 0 Å². The molecule has 0 saturated carbocycles. The van der Waals surface area contributed by atoms with Gasteiger partial charge in [0.2, 0.25) is 17.6 Å². The van der Waals surface area contributed by atoms with Gasteiger partial charge in [-0.25, -0.2) is 18.7 Å². The summed E-state index contributed by atoms with van der Waals surface area (Å²) in [5, 5.41) is 0.0220. The number of hydrogen-bond acceptors (Lipinski definition) is 8. The fourth-order valence-electron chi connectivity index (χ4n) is 2.65. The molecule has 0 saturated heterocycles. The van der Waals surface area contributed by atoms with Crippen molar-refractivity contribution >= 4 is 39.7 Å². The Hall–Kier alpha value is -3.74. The van der Waals surface area contributed by atoms with Gasteiger partial charge in [-0.1, -0.05) is 11.3 Å². The average Bonchev–Trinajstić information content (AvgIpc) is 3.11. The van der Waals surface area contributed by atoms with Crippen LogP contribution in [0.5, 0.6) is 5.88 Å². The molecule has 32 heavy (non-hydrogen) atoms. The number of aromatic nitrogens is 2. The van der Waals surface area contributed by atoms with Gasteiger partial charge >= 0.3 is 6.61 Å². The lowest BCUT2D eigenvalue weighted by Crippen LogP contribution is -2.40. The summed E-state index contributed by atoms with van der Waals surface area (Å²) in [6.45, 7) is -1.66. The summed E-state index contributed by atoms with van der Waals surface area (Å²) in [7, 11) is 0. The monoisotopic (exact) mass is 469 g/mol. The van der Waals surface area contributed by atoms with Crippen molar-refractivity contribution in [3.8, 4) is 5.88 Å². The summed E-state index contributed by atoms with van der Waals surface area (Å²) in [5.74, 6) is -4.26. The third-order valence-corrected chi connectivity index (χ3v) is 5.31. The fraction of sp³-hybridized carbons (Fsp3) is 0.158. The van der Waals surface area contributed by atoms with Crippen molar-refractivity contribution < 1.29 is 31.9 Å². The van der Waals surface area contributed by atoms with Crippen LogP contribution in [0, 0.1) is 11.6 Å². The van der Waals surface area contributed by atoms with Gasteiger partial charge in [0.15, 0.2) is 16.8 Å². The molecule has 3 aromatic rings. The quantitative estimate of drug-likeness (QED) is 0.383. The van der Waals surface area contributed by atoms with E-state index in [1.54, 1.807) is 0 Å². The van der Waals surface area contributed by atoms with E-state index >= 15 is 0 Å². The molecule has 0 spiro atoms. The first-order chi connectivity index (χ1) is 15.1. The zero-order valence-corrected chi connectivity index (χ0v) is 17.1. The third-order valence-electron chi connectivity index (χ3n) is 4.24. The van der Waals surface area contributed by atoms with E-state index in [2.05, 4.69) is 14.7 Å². The molecule has 0 radical (unpaired) electrons. The zero-order chi connectivity index (χ0) is 23.6. The summed E-state index contributed by atoms with van der Waals surface area (Å²) in [4.78, 5) is 33.5. The normalized spacial score (nSPS) is 11.9. The number of benzene rings is 1. The fourth-order valence-corrected chi connectivity index (χ4v) is 3.70. The number of rotatable bonds is 8. The van der Waals surface area contributed by atoms with E-state index in [9.17, 15) is 27.2 Å². The molecule has 0 aliphatic carbocycles. The minimum atomic E-state index is -3.07. The van der Waals surface area contributed by atoms with Gasteiger partial charge in [0.05, 0.1) is 0 Å². The van der Waals surface area contributed by atoms with Crippen LogP contribution in [0.2, 0.25) is 0 Å². The van der Waals surface area contributed by atoms with Crippen LogP contribution < -0.4 is 21.1 Å². The van der Waals surface area contributed by atoms with Crippen LogP contribution in [-0.4, -0.2) is 34.3 Å². The molecule has 0 bridgehead atoms. The Kier molecular flexibility index (Phi) is 6.58. The van der Waals surface area contributed by atoms with Crippen molar-refractivity contribution in [1.29, 1.82) is 0 Å². The highest BCUT2D eigenvalue weighted by Crippen LogP contribution is 2.36. The number of thiazole rings is 1. The second kappa shape index (κ2) is 9.18. The van der Waals surface area contributed by atoms with E-state index in [0.29, 0.717) is 0 Å². The Labute approximate surface area is 182 Å². The van der Waals surface area contributed by atoms with E-state index in [1.165, 1.54) is 24.0 Å². The molecule has 8 nitrogen and oxygen atoms in total. The van der Waals surface area contributed by atoms with E-state index in [1.807, 2.05) is 0 Å². The van der Waals surface area contributed by atoms with E-state index < -0.39 is 36.0 Å². The summed E-state index contributed by atoms with van der Waals surface area (Å²) in [6, 6.07) is 4.16. The minimum absolute atomic E-state index is 0.0100. The van der Waals surface area contributed by atoms with E-state index in [4.69, 9.17) is 11.5 Å². The molecule has 1 aromatic carbocycles. The maximum Gasteiger partial charge on any atom is 0.388 e. The highest BCUT2D eigenvalue weighted by atomic mass is 32.1. The topological polar surface area (TPSA) is 124 Å². The maximum atomic E-state index is 13.8. The number of ketones is 1. The molecule has 2 aromatic heterocycles. The summed E-state index contributed by atoms with van der Waals surface area (Å²) < 4.78 is 55.8. The maximum absolute atomic E-state index is 13.8. The zero-order valence-electron chi connectivity index (χ0n) is 16.3. The molecule has 0 aliphatic rings. The number of amides is 1. The van der Waals surface area contributed by atoms with Crippen molar-refractivity contribution in [2.24, 2.45) is 5.73 Å². The second-order valence-electron chi connectivity index (χ2n) is 6.35. The SMILES string of the molecule is C[C@H](C(N)=O)N(c1ccc(F)c(F)c1)c1nc(N)c(C(=O)c2ccc(OC(F)F)nc2)s1. The predicted octanol–water partition coefficient (Wildman–Crippen LogP) is 3.24. The number of carbonyl (C=O) groups excluding carboxylic acids is 2. The van der Waals surface area contributed by atoms with Gasteiger partial charge in [0.1, 0.15) is 16.7 Å². The molecule has 1 amide bonds. The van der Waals surface area contributed by atoms with Crippen molar-refractivity contribution in [3.63, 3.8) is 0 Å². The molecule has 4 N–H and O–H groups in total. The molecule has 3 rings (SSSR count). The van der Waals surface area contributed by atoms with Gasteiger partial charge in [-0.2, -0.15) is 8.78 Å². The molecule has 13 heteroatoms. The van der Waals surface area contributed by atoms with Crippen LogP contribution >= 0.6 is 11.3 Å². The van der Waals surface area contributed by atoms with Crippen molar-refractivity contribution in [2.45, 2.75) is 19.6 Å². The lowest BCUT2D eigenvalue weighted by atomic mass is 10.1. The van der Waals surface area contributed by atoms with Crippen molar-refractivity contribution in [3.05, 3.63) is 58.6 Å². The summed E-state index contributed by atoms with van der Waals surface area (Å²) >= 11 is 0.773. The highest BCUT2D eigenvalue weighted by Gasteiger charge is 2.28. The second-order valence-corrected chi connectivity index (χ2v) is 7.33. The smallest absolute Gasteiger partial charge is 0.388 e. The molecule has 2 heterocycles. The minimum Gasteiger partial charge on any atom is -0.417 e. The Morgan fingerprint density at radius 2 is 1.88 bits per heavy atom. The van der Waals surface area contributed by atoms with Gasteiger partial charge in [-0.3, -0.25) is 9.59 Å². The summed E-state index contributed by atoms with van der Waals surface area (Å²) in [5.41, 5.74) is 11.3. The van der Waals surface area contributed by atoms with Crippen LogP contribution in [0.15, 0.2) is 36.5 Å². The summed E-state index contributed by atoms with van der Waals surface area (Å²) in [6.07, 6.45) is 1.03. The number of halogens is 4. The van der Waals surface area contributed by atoms with Crippen LogP contribution in [-0.2, 0) is 4.79 Å². The number of ether oxygens (including phenoxy) is 1. The third kappa shape index (κ3) is 4.77. The molecule has 0 unspecified atom stereocenters. The number of nitrogen functional groups attached to an aromatic ring is 1. The number of pyridine rings is 1. The van der Waals surface area contributed by atoms with Gasteiger partial charge in [-0.15, -0.1) is 0 Å². The molecule has 1 atom stereocenters. The molecule has 168 valence electrons. The van der Waals surface area contributed by atoms with E-state index in [0.717, 1.165) is 35.7 Å². The molecule has 0 fully saturated rings. The largest absolute Gasteiger partial charge is 0.417 e. The first kappa shape index (κ1) is 22.9. The van der Waals surface area contributed by atoms with Gasteiger partial charge in [0, 0.05) is 29.6 Å². The molecular formula is C19H15F4N5O3S. The van der Waals surface area contributed by atoms with Crippen LogP contribution in [0.4, 0.5) is 34.2 Å². The van der Waals surface area contributed by atoms with Gasteiger partial charge in [-0.05, 0) is 25.1 Å². The number of hydrogen-bond donors (Lipinski definition) is 2. The Balaban J connectivity index is 1.98. The van der Waals surface area contributed by atoms with Crippen LogP contribution in [0.1, 0.15) is 22.2 Å². The van der Waals surface area contributed by atoms with Crippen molar-refractivity contribution in [1.82, 2.24) is 9.97 Å². The number of nitrogens with zero attached hydrogens (tertiary/aromatic N) is 3. The first-order valence-electron chi connectivity index (χ1n) is 8.84. The number of anilines is 3. The number of nitrogens with two attached hydrogens (primary N) is 2. The Morgan fingerprint density at radius 1 is 1.16 bits per heavy atom. The molecule has 0 aliphatic heterocycles. The van der Waals surface area contributed by atoms with Gasteiger partial charge < -0.3 is 21.1 Å². The molecular weight excluding hydrogens is 454 g/mol. The number of carbonyl (C=O) groups is 2. The standard InChI is InChI=1S/C19H15F4N5O3S/c1-8(17(25)30)28(10-3-4-11(20)12(21)6-10)19-27-16(24)15(32-19)14(29)9-2-5-13(26-7-9)31-18(22)23/h2-8,18H,24H2,1H3,(H2,25,30)/t8-/m1/s1. The lowest BCUT2D eigenvalue weighted by molar-refractivity contribution is -0.118. The van der Waals surface area contributed by atoms with Crippen molar-refractivity contribution in [2.75, 3.05) is 10.6 Å². The number of alkyl halides is 2. The Bertz CT molecular complexity index is 1160. The first-order valence-corrected chi connectivity index (χ1v) is 9.65.